The van der Waals surface area contributed by atoms with Gasteiger partial charge in [0.2, 0.25) is 5.91 Å². The van der Waals surface area contributed by atoms with Gasteiger partial charge < -0.3 is 20.2 Å². The number of aromatic nitrogens is 2. The van der Waals surface area contributed by atoms with E-state index in [1.54, 1.807) is 17.0 Å². The van der Waals surface area contributed by atoms with E-state index in [-0.39, 0.29) is 24.1 Å². The monoisotopic (exact) mass is 528 g/mol. The summed E-state index contributed by atoms with van der Waals surface area (Å²) in [6, 6.07) is 14.2. The number of piperidine rings is 1. The molecule has 0 aliphatic carbocycles. The van der Waals surface area contributed by atoms with Crippen LogP contribution < -0.4 is 20.4 Å². The molecule has 1 saturated heterocycles. The number of hydrogen-bond acceptors (Lipinski definition) is 6. The zero-order valence-corrected chi connectivity index (χ0v) is 22.1. The van der Waals surface area contributed by atoms with Crippen LogP contribution in [-0.2, 0) is 17.6 Å². The lowest BCUT2D eigenvalue weighted by Gasteiger charge is -2.32. The number of benzene rings is 1. The smallest absolute Gasteiger partial charge is 0.410 e. The molecule has 202 valence electrons. The van der Waals surface area contributed by atoms with E-state index in [1.807, 2.05) is 37.3 Å². The van der Waals surface area contributed by atoms with E-state index < -0.39 is 6.09 Å². The first kappa shape index (κ1) is 26.1. The number of nitrogens with one attached hydrogen (secondary N) is 2. The van der Waals surface area contributed by atoms with E-state index >= 15 is 0 Å². The molecule has 3 aromatic rings. The molecule has 0 unspecified atom stereocenters. The van der Waals surface area contributed by atoms with Gasteiger partial charge in [-0.1, -0.05) is 13.0 Å². The molecular formula is C29H32N6O4. The molecule has 0 atom stereocenters. The second-order valence-corrected chi connectivity index (χ2v) is 10.2. The molecule has 1 fully saturated rings. The number of anilines is 4. The van der Waals surface area contributed by atoms with Gasteiger partial charge in [0.05, 0.1) is 17.7 Å². The summed E-state index contributed by atoms with van der Waals surface area (Å²) >= 11 is 0. The minimum Gasteiger partial charge on any atom is -0.465 e. The quantitative estimate of drug-likeness (QED) is 0.430. The normalized spacial score (nSPS) is 15.1. The Morgan fingerprint density at radius 3 is 2.56 bits per heavy atom. The molecule has 2 aromatic heterocycles. The highest BCUT2D eigenvalue weighted by molar-refractivity contribution is 6.08. The Balaban J connectivity index is 1.28. The molecular weight excluding hydrogens is 496 g/mol. The van der Waals surface area contributed by atoms with Gasteiger partial charge in [0.1, 0.15) is 11.6 Å². The highest BCUT2D eigenvalue weighted by Gasteiger charge is 2.26. The van der Waals surface area contributed by atoms with E-state index in [9.17, 15) is 14.4 Å². The lowest BCUT2D eigenvalue weighted by Crippen LogP contribution is -2.35. The second kappa shape index (κ2) is 11.1. The summed E-state index contributed by atoms with van der Waals surface area (Å²) < 4.78 is 0. The Bertz CT molecular complexity index is 1420. The van der Waals surface area contributed by atoms with Gasteiger partial charge in [-0.3, -0.25) is 14.9 Å². The maximum absolute atomic E-state index is 13.3. The fraction of sp³-hybridized carbons (Fsp3) is 0.345. The number of pyridine rings is 2. The molecule has 5 rings (SSSR count). The average molecular weight is 529 g/mol. The van der Waals surface area contributed by atoms with Crippen LogP contribution in [0, 0.1) is 12.8 Å². The molecule has 2 aliphatic rings. The van der Waals surface area contributed by atoms with Crippen molar-refractivity contribution in [2.45, 2.75) is 39.5 Å². The predicted molar refractivity (Wildman–Crippen MR) is 150 cm³/mol. The number of amides is 3. The van der Waals surface area contributed by atoms with Crippen molar-refractivity contribution in [2.24, 2.45) is 5.92 Å². The van der Waals surface area contributed by atoms with Crippen LogP contribution in [0.4, 0.5) is 27.8 Å². The molecule has 39 heavy (non-hydrogen) atoms. The largest absolute Gasteiger partial charge is 0.465 e. The van der Waals surface area contributed by atoms with Crippen LogP contribution in [0.25, 0.3) is 0 Å². The lowest BCUT2D eigenvalue weighted by molar-refractivity contribution is -0.117. The number of carbonyl (C=O) groups is 3. The van der Waals surface area contributed by atoms with Crippen LogP contribution in [0.15, 0.2) is 48.5 Å². The molecule has 0 spiro atoms. The third kappa shape index (κ3) is 6.00. The zero-order chi connectivity index (χ0) is 27.5. The first-order chi connectivity index (χ1) is 18.8. The number of carbonyl (C=O) groups excluding carboxylic acids is 2. The summed E-state index contributed by atoms with van der Waals surface area (Å²) in [7, 11) is 0. The molecule has 0 radical (unpaired) electrons. The van der Waals surface area contributed by atoms with E-state index in [2.05, 4.69) is 27.4 Å². The molecule has 3 amide bonds. The van der Waals surface area contributed by atoms with Crippen LogP contribution in [0.2, 0.25) is 0 Å². The number of hydrogen-bond donors (Lipinski definition) is 3. The minimum absolute atomic E-state index is 0.0472. The fourth-order valence-electron chi connectivity index (χ4n) is 5.13. The minimum atomic E-state index is -1.21. The first-order valence-corrected chi connectivity index (χ1v) is 13.2. The average Bonchev–Trinajstić information content (AvgIpc) is 3.32. The highest BCUT2D eigenvalue weighted by atomic mass is 16.4. The Hall–Kier alpha value is -4.47. The molecule has 2 aliphatic heterocycles. The van der Waals surface area contributed by atoms with Crippen molar-refractivity contribution in [2.75, 3.05) is 40.1 Å². The van der Waals surface area contributed by atoms with Gasteiger partial charge in [-0.2, -0.15) is 0 Å². The van der Waals surface area contributed by atoms with Gasteiger partial charge in [0.15, 0.2) is 0 Å². The van der Waals surface area contributed by atoms with Crippen molar-refractivity contribution in [3.63, 3.8) is 0 Å². The Labute approximate surface area is 227 Å². The summed E-state index contributed by atoms with van der Waals surface area (Å²) in [5.74, 6) is 1.25. The van der Waals surface area contributed by atoms with Crippen molar-refractivity contribution in [3.8, 4) is 0 Å². The van der Waals surface area contributed by atoms with Crippen molar-refractivity contribution in [3.05, 3.63) is 71.0 Å². The number of aryl methyl sites for hydroxylation is 1. The highest BCUT2D eigenvalue weighted by Crippen LogP contribution is 2.32. The predicted octanol–water partition coefficient (Wildman–Crippen LogP) is 4.50. The van der Waals surface area contributed by atoms with Crippen molar-refractivity contribution in [1.29, 1.82) is 0 Å². The van der Waals surface area contributed by atoms with Crippen molar-refractivity contribution in [1.82, 2.24) is 9.97 Å². The van der Waals surface area contributed by atoms with Gasteiger partial charge in [-0.05, 0) is 80.1 Å². The standard InChI is InChI=1S/C29H32N6O4/c1-18-10-13-34(14-11-18)27-23(8-6-19(2)30-27)28(37)32-22-7-9-24-20(16-22)12-15-35(24)26(36)17-21-4-3-5-25(31-21)33-29(38)39/h3-9,16,18H,10-15,17H2,1-2H3,(H,31,33)(H,32,37)(H,38,39). The molecule has 4 heterocycles. The van der Waals surface area contributed by atoms with Gasteiger partial charge in [0.25, 0.3) is 5.91 Å². The molecule has 10 nitrogen and oxygen atoms in total. The van der Waals surface area contributed by atoms with Crippen LogP contribution >= 0.6 is 0 Å². The summed E-state index contributed by atoms with van der Waals surface area (Å²) in [4.78, 5) is 50.1. The van der Waals surface area contributed by atoms with Crippen LogP contribution in [0.1, 0.15) is 47.1 Å². The third-order valence-electron chi connectivity index (χ3n) is 7.25. The number of carboxylic acid groups (broad SMARTS) is 1. The Kier molecular flexibility index (Phi) is 7.44. The summed E-state index contributed by atoms with van der Waals surface area (Å²) in [6.07, 6.45) is 1.67. The van der Waals surface area contributed by atoms with Crippen molar-refractivity contribution < 1.29 is 19.5 Å². The second-order valence-electron chi connectivity index (χ2n) is 10.2. The van der Waals surface area contributed by atoms with Gasteiger partial charge in [-0.15, -0.1) is 0 Å². The van der Waals surface area contributed by atoms with E-state index in [1.165, 1.54) is 6.07 Å². The van der Waals surface area contributed by atoms with Gasteiger partial charge in [-0.25, -0.2) is 14.8 Å². The number of rotatable bonds is 6. The van der Waals surface area contributed by atoms with Crippen molar-refractivity contribution >= 4 is 40.9 Å². The van der Waals surface area contributed by atoms with E-state index in [0.717, 1.165) is 48.7 Å². The maximum Gasteiger partial charge on any atom is 0.410 e. The molecule has 1 aromatic carbocycles. The van der Waals surface area contributed by atoms with Crippen LogP contribution in [0.5, 0.6) is 0 Å². The SMILES string of the molecule is Cc1ccc(C(=O)Nc2ccc3c(c2)CCN3C(=O)Cc2cccc(NC(=O)O)n2)c(N2CCC(C)CC2)n1. The van der Waals surface area contributed by atoms with E-state index in [0.29, 0.717) is 35.8 Å². The summed E-state index contributed by atoms with van der Waals surface area (Å²) in [5.41, 5.74) is 4.36. The summed E-state index contributed by atoms with van der Waals surface area (Å²) in [6.45, 7) is 6.49. The molecule has 0 bridgehead atoms. The third-order valence-corrected chi connectivity index (χ3v) is 7.25. The zero-order valence-electron chi connectivity index (χ0n) is 22.1. The first-order valence-electron chi connectivity index (χ1n) is 13.2. The van der Waals surface area contributed by atoms with Gasteiger partial charge >= 0.3 is 6.09 Å². The molecule has 3 N–H and O–H groups in total. The Morgan fingerprint density at radius 1 is 1.00 bits per heavy atom. The molecule has 0 saturated carbocycles. The Morgan fingerprint density at radius 2 is 1.79 bits per heavy atom. The molecule has 10 heteroatoms. The van der Waals surface area contributed by atoms with E-state index in [4.69, 9.17) is 10.1 Å². The van der Waals surface area contributed by atoms with Crippen LogP contribution in [0.3, 0.4) is 0 Å². The number of fused-ring (bicyclic) bond motifs is 1. The number of nitrogens with zero attached hydrogens (tertiary/aromatic N) is 4. The fourth-order valence-corrected chi connectivity index (χ4v) is 5.13. The van der Waals surface area contributed by atoms with Crippen LogP contribution in [-0.4, -0.2) is 52.6 Å². The lowest BCUT2D eigenvalue weighted by atomic mass is 9.99. The maximum atomic E-state index is 13.3. The van der Waals surface area contributed by atoms with Gasteiger partial charge in [0, 0.05) is 36.7 Å². The summed E-state index contributed by atoms with van der Waals surface area (Å²) in [5, 5.41) is 14.1. The topological polar surface area (TPSA) is 128 Å².